The molecule has 3 aromatic heterocycles. The van der Waals surface area contributed by atoms with Crippen LogP contribution in [0, 0.1) is 12.9 Å². The molecule has 0 aliphatic carbocycles. The highest BCUT2D eigenvalue weighted by Crippen LogP contribution is 2.35. The molecule has 5 heterocycles. The molecule has 0 bridgehead atoms. The third kappa shape index (κ3) is 2.58. The van der Waals surface area contributed by atoms with Crippen LogP contribution in [-0.2, 0) is 0 Å². The van der Waals surface area contributed by atoms with Crippen molar-refractivity contribution in [2.45, 2.75) is 13.3 Å². The van der Waals surface area contributed by atoms with Gasteiger partial charge in [-0.15, -0.1) is 0 Å². The van der Waals surface area contributed by atoms with Gasteiger partial charge in [-0.2, -0.15) is 4.39 Å². The van der Waals surface area contributed by atoms with Crippen LogP contribution >= 0.6 is 0 Å². The number of hydrogen-bond donors (Lipinski definition) is 0. The number of anilines is 2. The van der Waals surface area contributed by atoms with E-state index in [2.05, 4.69) is 32.0 Å². The van der Waals surface area contributed by atoms with E-state index in [1.807, 2.05) is 11.8 Å². The third-order valence-electron chi connectivity index (χ3n) is 5.15. The number of aromatic nitrogens is 3. The second-order valence-electron chi connectivity index (χ2n) is 6.77. The maximum absolute atomic E-state index is 14.2. The molecule has 0 amide bonds. The molecule has 5 rings (SSSR count). The van der Waals surface area contributed by atoms with Crippen LogP contribution in [0.1, 0.15) is 12.0 Å². The minimum atomic E-state index is -0.436. The Morgan fingerprint density at radius 1 is 1.22 bits per heavy atom. The Bertz CT molecular complexity index is 1090. The predicted molar refractivity (Wildman–Crippen MR) is 101 cm³/mol. The van der Waals surface area contributed by atoms with E-state index < -0.39 is 5.95 Å². The van der Waals surface area contributed by atoms with Crippen LogP contribution in [0.5, 0.6) is 0 Å². The number of halogens is 1. The van der Waals surface area contributed by atoms with Crippen molar-refractivity contribution in [3.8, 4) is 0 Å². The second kappa shape index (κ2) is 6.19. The molecule has 0 radical (unpaired) electrons. The van der Waals surface area contributed by atoms with Crippen LogP contribution in [0.4, 0.5) is 15.9 Å². The van der Waals surface area contributed by atoms with Gasteiger partial charge in [-0.05, 0) is 24.6 Å². The summed E-state index contributed by atoms with van der Waals surface area (Å²) in [5, 5.41) is 0.955. The number of pyridine rings is 1. The predicted octanol–water partition coefficient (Wildman–Crippen LogP) is 3.61. The van der Waals surface area contributed by atoms with Gasteiger partial charge in [0.1, 0.15) is 12.1 Å². The van der Waals surface area contributed by atoms with Gasteiger partial charge in [0.05, 0.1) is 17.3 Å². The lowest BCUT2D eigenvalue weighted by Crippen LogP contribution is -2.39. The van der Waals surface area contributed by atoms with Crippen LogP contribution in [-0.4, -0.2) is 34.6 Å². The smallest absolute Gasteiger partial charge is 0.236 e. The van der Waals surface area contributed by atoms with Gasteiger partial charge < -0.3 is 14.2 Å². The molecule has 0 saturated heterocycles. The lowest BCUT2D eigenvalue weighted by atomic mass is 10.00. The lowest BCUT2D eigenvalue weighted by Gasteiger charge is -2.38. The largest absolute Gasteiger partial charge is 0.446 e. The van der Waals surface area contributed by atoms with E-state index in [4.69, 9.17) is 4.42 Å². The van der Waals surface area contributed by atoms with Crippen molar-refractivity contribution in [2.24, 2.45) is 0 Å². The van der Waals surface area contributed by atoms with Crippen molar-refractivity contribution in [1.82, 2.24) is 15.0 Å². The van der Waals surface area contributed by atoms with E-state index >= 15 is 0 Å². The Labute approximate surface area is 155 Å². The highest BCUT2D eigenvalue weighted by molar-refractivity contribution is 5.89. The fraction of sp³-hybridized carbons (Fsp3) is 0.250. The zero-order chi connectivity index (χ0) is 18.4. The van der Waals surface area contributed by atoms with Crippen molar-refractivity contribution >= 4 is 22.6 Å². The van der Waals surface area contributed by atoms with Crippen LogP contribution in [0.25, 0.3) is 11.1 Å². The minimum absolute atomic E-state index is 0.436. The van der Waals surface area contributed by atoms with Gasteiger partial charge in [-0.3, -0.25) is 0 Å². The highest BCUT2D eigenvalue weighted by Gasteiger charge is 2.28. The third-order valence-corrected chi connectivity index (χ3v) is 5.15. The molecule has 7 heteroatoms. The fourth-order valence-electron chi connectivity index (χ4n) is 3.89. The SMILES string of the molecule is Cc1coc2ncnc(N3CCC4=C(C=CCN4c4cccnc4F)C3)c12. The number of rotatable bonds is 2. The van der Waals surface area contributed by atoms with E-state index in [0.717, 1.165) is 35.4 Å². The number of hydrogen-bond acceptors (Lipinski definition) is 6. The molecule has 0 N–H and O–H groups in total. The van der Waals surface area contributed by atoms with Gasteiger partial charge in [0.2, 0.25) is 11.7 Å². The molecule has 0 atom stereocenters. The maximum Gasteiger partial charge on any atom is 0.236 e. The summed E-state index contributed by atoms with van der Waals surface area (Å²) >= 11 is 0. The molecule has 0 unspecified atom stereocenters. The molecule has 2 aliphatic heterocycles. The second-order valence-corrected chi connectivity index (χ2v) is 6.77. The Morgan fingerprint density at radius 3 is 3.04 bits per heavy atom. The van der Waals surface area contributed by atoms with Crippen molar-refractivity contribution in [1.29, 1.82) is 0 Å². The number of nitrogens with zero attached hydrogens (tertiary/aromatic N) is 5. The Hall–Kier alpha value is -3.22. The summed E-state index contributed by atoms with van der Waals surface area (Å²) in [5.41, 5.74) is 4.48. The fourth-order valence-corrected chi connectivity index (χ4v) is 3.89. The first kappa shape index (κ1) is 16.0. The van der Waals surface area contributed by atoms with E-state index in [-0.39, 0.29) is 0 Å². The molecular weight excluding hydrogens is 345 g/mol. The normalized spacial score (nSPS) is 17.0. The van der Waals surface area contributed by atoms with Crippen molar-refractivity contribution in [3.05, 3.63) is 65.9 Å². The molecule has 0 fully saturated rings. The summed E-state index contributed by atoms with van der Waals surface area (Å²) in [6.07, 6.45) is 9.73. The maximum atomic E-state index is 14.2. The standard InChI is InChI=1S/C20H18FN5O/c1-13-11-27-20-17(13)19(23-12-24-20)25-9-6-15-14(10-25)4-3-8-26(15)16-5-2-7-22-18(16)21/h2-5,7,11-12H,6,8-10H2,1H3. The molecule has 2 aliphatic rings. The zero-order valence-electron chi connectivity index (χ0n) is 14.9. The topological polar surface area (TPSA) is 58.3 Å². The van der Waals surface area contributed by atoms with Gasteiger partial charge >= 0.3 is 0 Å². The number of furan rings is 1. The van der Waals surface area contributed by atoms with Gasteiger partial charge in [0.25, 0.3) is 0 Å². The Kier molecular flexibility index (Phi) is 3.67. The zero-order valence-corrected chi connectivity index (χ0v) is 14.9. The van der Waals surface area contributed by atoms with Gasteiger partial charge in [-0.25, -0.2) is 15.0 Å². The molecule has 3 aromatic rings. The molecule has 6 nitrogen and oxygen atoms in total. The first-order valence-electron chi connectivity index (χ1n) is 8.93. The summed E-state index contributed by atoms with van der Waals surface area (Å²) in [4.78, 5) is 16.8. The van der Waals surface area contributed by atoms with E-state index in [0.29, 0.717) is 24.5 Å². The average Bonchev–Trinajstić information content (AvgIpc) is 3.09. The van der Waals surface area contributed by atoms with Gasteiger partial charge in [0, 0.05) is 43.5 Å². The first-order valence-corrected chi connectivity index (χ1v) is 8.93. The molecule has 0 aromatic carbocycles. The van der Waals surface area contributed by atoms with E-state index in [1.165, 1.54) is 11.8 Å². The molecule has 0 spiro atoms. The number of fused-ring (bicyclic) bond motifs is 1. The molecule has 0 saturated carbocycles. The Morgan fingerprint density at radius 2 is 2.15 bits per heavy atom. The van der Waals surface area contributed by atoms with Crippen molar-refractivity contribution < 1.29 is 8.81 Å². The van der Waals surface area contributed by atoms with Crippen molar-refractivity contribution in [3.63, 3.8) is 0 Å². The summed E-state index contributed by atoms with van der Waals surface area (Å²) in [5.74, 6) is 0.449. The quantitative estimate of drug-likeness (QED) is 0.649. The molecule has 27 heavy (non-hydrogen) atoms. The summed E-state index contributed by atoms with van der Waals surface area (Å²) in [7, 11) is 0. The molecular formula is C20H18FN5O. The summed E-state index contributed by atoms with van der Waals surface area (Å²) in [6.45, 7) is 4.16. The minimum Gasteiger partial charge on any atom is -0.446 e. The van der Waals surface area contributed by atoms with Crippen LogP contribution < -0.4 is 9.80 Å². The average molecular weight is 363 g/mol. The van der Waals surface area contributed by atoms with Gasteiger partial charge in [-0.1, -0.05) is 12.2 Å². The number of aryl methyl sites for hydroxylation is 1. The van der Waals surface area contributed by atoms with E-state index in [1.54, 1.807) is 24.7 Å². The Balaban J connectivity index is 1.52. The lowest BCUT2D eigenvalue weighted by molar-refractivity contribution is 0.579. The van der Waals surface area contributed by atoms with Crippen LogP contribution in [0.3, 0.4) is 0 Å². The monoisotopic (exact) mass is 363 g/mol. The molecule has 136 valence electrons. The van der Waals surface area contributed by atoms with Gasteiger partial charge in [0.15, 0.2) is 0 Å². The highest BCUT2D eigenvalue weighted by atomic mass is 19.1. The van der Waals surface area contributed by atoms with Crippen LogP contribution in [0.2, 0.25) is 0 Å². The first-order chi connectivity index (χ1) is 13.2. The summed E-state index contributed by atoms with van der Waals surface area (Å²) in [6, 6.07) is 3.55. The van der Waals surface area contributed by atoms with E-state index in [9.17, 15) is 4.39 Å². The summed E-state index contributed by atoms with van der Waals surface area (Å²) < 4.78 is 19.7. The van der Waals surface area contributed by atoms with Crippen molar-refractivity contribution in [2.75, 3.05) is 29.4 Å². The van der Waals surface area contributed by atoms with Crippen LogP contribution in [0.15, 0.2) is 58.8 Å².